The van der Waals surface area contributed by atoms with E-state index in [1.54, 1.807) is 0 Å². The topological polar surface area (TPSA) is 95.9 Å². The molecule has 172 valence electrons. The zero-order valence-electron chi connectivity index (χ0n) is 17.2. The molecule has 1 aromatic heterocycles. The lowest BCUT2D eigenvalue weighted by Crippen LogP contribution is -2.51. The fourth-order valence-corrected chi connectivity index (χ4v) is 7.32. The molecule has 1 heterocycles. The van der Waals surface area contributed by atoms with Gasteiger partial charge in [-0.3, -0.25) is 5.10 Å². The summed E-state index contributed by atoms with van der Waals surface area (Å²) in [6.07, 6.45) is 3.61. The minimum Gasteiger partial charge on any atom is -0.385 e. The molecule has 0 spiro atoms. The number of nitrogens with one attached hydrogen (secondary N) is 1. The monoisotopic (exact) mass is 483 g/mol. The van der Waals surface area contributed by atoms with E-state index in [-0.39, 0.29) is 23.7 Å². The van der Waals surface area contributed by atoms with Gasteiger partial charge in [-0.1, -0.05) is 11.6 Å². The first-order valence-corrected chi connectivity index (χ1v) is 12.3. The summed E-state index contributed by atoms with van der Waals surface area (Å²) in [5, 5.41) is 17.1. The van der Waals surface area contributed by atoms with Gasteiger partial charge in [0.1, 0.15) is 24.4 Å². The molecule has 1 saturated carbocycles. The van der Waals surface area contributed by atoms with Crippen molar-refractivity contribution in [3.63, 3.8) is 0 Å². The second kappa shape index (κ2) is 9.03. The first kappa shape index (κ1) is 23.1. The number of hydrogen-bond donors (Lipinski definition) is 2. The van der Waals surface area contributed by atoms with Gasteiger partial charge < -0.3 is 5.11 Å². The third kappa shape index (κ3) is 4.25. The molecule has 0 saturated heterocycles. The van der Waals surface area contributed by atoms with Gasteiger partial charge in [0.2, 0.25) is 0 Å². The van der Waals surface area contributed by atoms with E-state index >= 15 is 4.39 Å². The van der Waals surface area contributed by atoms with Gasteiger partial charge in [0, 0.05) is 10.9 Å². The zero-order chi connectivity index (χ0) is 22.9. The van der Waals surface area contributed by atoms with E-state index in [2.05, 4.69) is 15.2 Å². The van der Waals surface area contributed by atoms with Crippen LogP contribution in [-0.4, -0.2) is 39.6 Å². The average molecular weight is 484 g/mol. The van der Waals surface area contributed by atoms with Crippen molar-refractivity contribution in [2.45, 2.75) is 54.0 Å². The van der Waals surface area contributed by atoms with Crippen LogP contribution in [0.1, 0.15) is 44.0 Å². The summed E-state index contributed by atoms with van der Waals surface area (Å²) in [4.78, 5) is 4.00. The zero-order valence-corrected chi connectivity index (χ0v) is 18.7. The van der Waals surface area contributed by atoms with Gasteiger partial charge in [0.25, 0.3) is 0 Å². The van der Waals surface area contributed by atoms with Gasteiger partial charge in [-0.15, -0.1) is 0 Å². The highest BCUT2D eigenvalue weighted by Gasteiger charge is 2.54. The van der Waals surface area contributed by atoms with Crippen LogP contribution < -0.4 is 0 Å². The van der Waals surface area contributed by atoms with Crippen molar-refractivity contribution < 1.29 is 22.3 Å². The Hall–Kier alpha value is -2.10. The maximum Gasteiger partial charge on any atom is 0.184 e. The van der Waals surface area contributed by atoms with Crippen LogP contribution >= 0.6 is 11.6 Å². The molecule has 2 N–H and O–H groups in total. The highest BCUT2D eigenvalue weighted by atomic mass is 35.5. The number of allylic oxidation sites excluding steroid dienone is 4. The van der Waals surface area contributed by atoms with Crippen molar-refractivity contribution in [2.24, 2.45) is 11.8 Å². The molecule has 2 unspecified atom stereocenters. The number of H-pyrrole nitrogens is 1. The standard InChI is InChI=1S/C22H24ClF2N3O3S/c23-15-1-4-17(5-2-15)32(30,31)22(18-12-16(24)3-6-19(18)25)9-7-14(8-10-22)11-20(29)21-26-13-27-28-21/h1-6,12-14,18-20,29H,7-11H2,(H,26,27,28)/t14-,18-,19?,20?,22+/m1/s1. The molecule has 4 rings (SSSR count). The van der Waals surface area contributed by atoms with Crippen molar-refractivity contribution in [1.82, 2.24) is 15.2 Å². The van der Waals surface area contributed by atoms with Crippen LogP contribution in [0.2, 0.25) is 5.02 Å². The van der Waals surface area contributed by atoms with Gasteiger partial charge in [-0.25, -0.2) is 22.2 Å². The number of alkyl halides is 1. The molecule has 0 radical (unpaired) electrons. The summed E-state index contributed by atoms with van der Waals surface area (Å²) < 4.78 is 55.3. The second-order valence-electron chi connectivity index (χ2n) is 8.47. The molecule has 6 nitrogen and oxygen atoms in total. The molecule has 2 aliphatic carbocycles. The van der Waals surface area contributed by atoms with E-state index in [4.69, 9.17) is 11.6 Å². The third-order valence-electron chi connectivity index (χ3n) is 6.65. The van der Waals surface area contributed by atoms with E-state index < -0.39 is 38.6 Å². The molecule has 1 fully saturated rings. The maximum atomic E-state index is 15.0. The molecular weight excluding hydrogens is 460 g/mol. The van der Waals surface area contributed by atoms with Crippen LogP contribution in [0, 0.1) is 11.8 Å². The number of sulfone groups is 1. The molecule has 2 aromatic rings. The van der Waals surface area contributed by atoms with E-state index in [9.17, 15) is 17.9 Å². The van der Waals surface area contributed by atoms with Crippen LogP contribution in [0.15, 0.2) is 59.5 Å². The summed E-state index contributed by atoms with van der Waals surface area (Å²) in [6, 6.07) is 5.77. The Kier molecular flexibility index (Phi) is 6.51. The average Bonchev–Trinajstić information content (AvgIpc) is 3.31. The second-order valence-corrected chi connectivity index (χ2v) is 11.2. The Morgan fingerprint density at radius 2 is 1.94 bits per heavy atom. The number of nitrogens with zero attached hydrogens (tertiary/aromatic N) is 2. The van der Waals surface area contributed by atoms with E-state index in [0.29, 0.717) is 30.1 Å². The highest BCUT2D eigenvalue weighted by Crippen LogP contribution is 2.50. The van der Waals surface area contributed by atoms with Crippen molar-refractivity contribution >= 4 is 21.4 Å². The third-order valence-corrected chi connectivity index (χ3v) is 9.54. The number of aromatic nitrogens is 3. The van der Waals surface area contributed by atoms with E-state index in [0.717, 1.165) is 18.2 Å². The van der Waals surface area contributed by atoms with Crippen LogP contribution in [0.4, 0.5) is 8.78 Å². The summed E-state index contributed by atoms with van der Waals surface area (Å²) in [5.41, 5.74) is 0. The van der Waals surface area contributed by atoms with Crippen molar-refractivity contribution in [3.05, 3.63) is 65.5 Å². The van der Waals surface area contributed by atoms with Crippen LogP contribution in [0.25, 0.3) is 0 Å². The normalized spacial score (nSPS) is 29.5. The lowest BCUT2D eigenvalue weighted by Gasteiger charge is -2.45. The molecule has 0 bridgehead atoms. The van der Waals surface area contributed by atoms with Gasteiger partial charge in [-0.05, 0) is 80.5 Å². The Balaban J connectivity index is 1.64. The van der Waals surface area contributed by atoms with Crippen molar-refractivity contribution in [3.8, 4) is 0 Å². The predicted molar refractivity (Wildman–Crippen MR) is 116 cm³/mol. The Morgan fingerprint density at radius 3 is 2.56 bits per heavy atom. The number of benzene rings is 1. The highest BCUT2D eigenvalue weighted by molar-refractivity contribution is 7.92. The SMILES string of the molecule is O=S(=O)(c1ccc(Cl)cc1)[C@]1([C@@H]2C=C(F)C=CC2F)CC[C@H](CC(O)c2ncn[nH]2)CC1. The Morgan fingerprint density at radius 1 is 1.25 bits per heavy atom. The molecule has 2 aliphatic rings. The number of aliphatic hydroxyl groups excluding tert-OH is 1. The number of aromatic amines is 1. The first-order valence-electron chi connectivity index (χ1n) is 10.5. The predicted octanol–water partition coefficient (Wildman–Crippen LogP) is 4.66. The smallest absolute Gasteiger partial charge is 0.184 e. The Labute approximate surface area is 190 Å². The Bertz CT molecular complexity index is 1100. The number of hydrogen-bond acceptors (Lipinski definition) is 5. The van der Waals surface area contributed by atoms with Crippen LogP contribution in [0.5, 0.6) is 0 Å². The maximum absolute atomic E-state index is 15.0. The summed E-state index contributed by atoms with van der Waals surface area (Å²) in [7, 11) is -4.03. The van der Waals surface area contributed by atoms with Gasteiger partial charge in [0.15, 0.2) is 15.7 Å². The van der Waals surface area contributed by atoms with Crippen molar-refractivity contribution in [2.75, 3.05) is 0 Å². The number of rotatable bonds is 6. The fourth-order valence-electron chi connectivity index (χ4n) is 4.90. The molecule has 32 heavy (non-hydrogen) atoms. The molecule has 3 atom stereocenters. The van der Waals surface area contributed by atoms with Gasteiger partial charge in [-0.2, -0.15) is 5.10 Å². The first-order chi connectivity index (χ1) is 15.2. The summed E-state index contributed by atoms with van der Waals surface area (Å²) in [5.74, 6) is -1.43. The summed E-state index contributed by atoms with van der Waals surface area (Å²) in [6.45, 7) is 0. The fraction of sp³-hybridized carbons (Fsp3) is 0.455. The molecule has 10 heteroatoms. The molecule has 0 aliphatic heterocycles. The van der Waals surface area contributed by atoms with Crippen LogP contribution in [0.3, 0.4) is 0 Å². The molecular formula is C22H24ClF2N3O3S. The number of halogens is 3. The molecule has 1 aromatic carbocycles. The van der Waals surface area contributed by atoms with Gasteiger partial charge in [0.05, 0.1) is 9.64 Å². The molecule has 0 amide bonds. The summed E-state index contributed by atoms with van der Waals surface area (Å²) >= 11 is 5.92. The lowest BCUT2D eigenvalue weighted by atomic mass is 9.71. The minimum absolute atomic E-state index is 0.00895. The lowest BCUT2D eigenvalue weighted by molar-refractivity contribution is 0.109. The largest absolute Gasteiger partial charge is 0.385 e. The number of aliphatic hydroxyl groups is 1. The van der Waals surface area contributed by atoms with E-state index in [1.807, 2.05) is 0 Å². The van der Waals surface area contributed by atoms with Crippen molar-refractivity contribution in [1.29, 1.82) is 0 Å². The minimum atomic E-state index is -4.03. The van der Waals surface area contributed by atoms with E-state index in [1.165, 1.54) is 30.6 Å². The van der Waals surface area contributed by atoms with Gasteiger partial charge >= 0.3 is 0 Å². The quantitative estimate of drug-likeness (QED) is 0.622. The van der Waals surface area contributed by atoms with Crippen LogP contribution in [-0.2, 0) is 9.84 Å².